The first-order valence-electron chi connectivity index (χ1n) is 10.4. The molecule has 0 aliphatic heterocycles. The molecule has 1 fully saturated rings. The van der Waals surface area contributed by atoms with Gasteiger partial charge in [-0.1, -0.05) is 18.2 Å². The van der Waals surface area contributed by atoms with Gasteiger partial charge in [-0.15, -0.1) is 0 Å². The molecule has 160 valence electrons. The maximum atomic E-state index is 13.2. The second kappa shape index (κ2) is 7.30. The molecular formula is C25H22N4O3. The minimum Gasteiger partial charge on any atom is -0.478 e. The molecule has 1 amide bonds. The summed E-state index contributed by atoms with van der Waals surface area (Å²) in [7, 11) is 1.87. The van der Waals surface area contributed by atoms with Gasteiger partial charge in [0.1, 0.15) is 0 Å². The van der Waals surface area contributed by atoms with E-state index in [1.807, 2.05) is 43.6 Å². The minimum atomic E-state index is -1.01. The van der Waals surface area contributed by atoms with Gasteiger partial charge in [0, 0.05) is 29.8 Å². The quantitative estimate of drug-likeness (QED) is 0.502. The molecule has 0 radical (unpaired) electrons. The van der Waals surface area contributed by atoms with Gasteiger partial charge < -0.3 is 10.4 Å². The highest BCUT2D eigenvalue weighted by molar-refractivity contribution is 5.98. The zero-order valence-corrected chi connectivity index (χ0v) is 17.8. The molecule has 0 saturated heterocycles. The summed E-state index contributed by atoms with van der Waals surface area (Å²) in [4.78, 5) is 29.2. The number of benzene rings is 2. The standard InChI is InChI=1S/C25H22N4O3/c1-15-11-16(24(31)32)7-8-18(15)23(30)28-25(9-10-25)20-12-22(17-13-26-29(2)14-17)27-21-6-4-3-5-19(20)21/h3-8,11-14H,9-10H2,1-2H3,(H,28,30)(H,31,32). The second-order valence-corrected chi connectivity index (χ2v) is 8.35. The Morgan fingerprint density at radius 3 is 2.56 bits per heavy atom. The summed E-state index contributed by atoms with van der Waals surface area (Å²) < 4.78 is 1.74. The third-order valence-corrected chi connectivity index (χ3v) is 6.05. The monoisotopic (exact) mass is 426 g/mol. The molecule has 7 heteroatoms. The van der Waals surface area contributed by atoms with E-state index >= 15 is 0 Å². The van der Waals surface area contributed by atoms with Crippen molar-refractivity contribution in [2.24, 2.45) is 7.05 Å². The second-order valence-electron chi connectivity index (χ2n) is 8.35. The van der Waals surface area contributed by atoms with Crippen LogP contribution in [0.1, 0.15) is 44.7 Å². The Labute approximate surface area is 184 Å². The van der Waals surface area contributed by atoms with E-state index in [1.54, 1.807) is 23.9 Å². The Morgan fingerprint density at radius 1 is 1.12 bits per heavy atom. The first-order chi connectivity index (χ1) is 15.4. The van der Waals surface area contributed by atoms with Crippen LogP contribution >= 0.6 is 0 Å². The van der Waals surface area contributed by atoms with Crippen LogP contribution in [0.2, 0.25) is 0 Å². The summed E-state index contributed by atoms with van der Waals surface area (Å²) in [6.45, 7) is 1.75. The molecule has 4 aromatic rings. The number of fused-ring (bicyclic) bond motifs is 1. The first-order valence-corrected chi connectivity index (χ1v) is 10.4. The number of amides is 1. The number of aryl methyl sites for hydroxylation is 2. The van der Waals surface area contributed by atoms with Crippen LogP contribution in [0.5, 0.6) is 0 Å². The highest BCUT2D eigenvalue weighted by Gasteiger charge is 2.47. The number of aromatic carboxylic acids is 1. The number of hydrogen-bond donors (Lipinski definition) is 2. The molecule has 1 aliphatic carbocycles. The van der Waals surface area contributed by atoms with Gasteiger partial charge in [0.25, 0.3) is 5.91 Å². The van der Waals surface area contributed by atoms with E-state index < -0.39 is 11.5 Å². The number of carbonyl (C=O) groups is 2. The highest BCUT2D eigenvalue weighted by atomic mass is 16.4. The maximum absolute atomic E-state index is 13.2. The predicted molar refractivity (Wildman–Crippen MR) is 120 cm³/mol. The number of aromatic nitrogens is 3. The average Bonchev–Trinajstić information content (AvgIpc) is 3.42. The molecule has 2 aromatic carbocycles. The summed E-state index contributed by atoms with van der Waals surface area (Å²) in [5, 5.41) is 17.7. The normalized spacial score (nSPS) is 14.3. The van der Waals surface area contributed by atoms with Crippen molar-refractivity contribution < 1.29 is 14.7 Å². The number of carboxylic acid groups (broad SMARTS) is 1. The van der Waals surface area contributed by atoms with Crippen molar-refractivity contribution in [3.05, 3.63) is 83.2 Å². The van der Waals surface area contributed by atoms with Gasteiger partial charge in [-0.25, -0.2) is 9.78 Å². The molecule has 0 bridgehead atoms. The lowest BCUT2D eigenvalue weighted by Crippen LogP contribution is -2.35. The lowest BCUT2D eigenvalue weighted by molar-refractivity contribution is 0.0696. The fourth-order valence-electron chi connectivity index (χ4n) is 4.20. The van der Waals surface area contributed by atoms with Crippen LogP contribution < -0.4 is 5.32 Å². The van der Waals surface area contributed by atoms with E-state index in [1.165, 1.54) is 12.1 Å². The van der Waals surface area contributed by atoms with E-state index in [2.05, 4.69) is 10.4 Å². The topological polar surface area (TPSA) is 97.1 Å². The SMILES string of the molecule is Cc1cc(C(=O)O)ccc1C(=O)NC1(c2cc(-c3cnn(C)c3)nc3ccccc23)CC1. The molecule has 2 N–H and O–H groups in total. The Kier molecular flexibility index (Phi) is 4.55. The number of nitrogens with zero attached hydrogens (tertiary/aromatic N) is 3. The third kappa shape index (κ3) is 3.41. The van der Waals surface area contributed by atoms with Crippen LogP contribution in [0.25, 0.3) is 22.2 Å². The van der Waals surface area contributed by atoms with Crippen molar-refractivity contribution in [3.8, 4) is 11.3 Å². The van der Waals surface area contributed by atoms with E-state index in [0.717, 1.165) is 40.6 Å². The van der Waals surface area contributed by atoms with Crippen LogP contribution in [-0.2, 0) is 12.6 Å². The fourth-order valence-corrected chi connectivity index (χ4v) is 4.20. The predicted octanol–water partition coefficient (Wildman–Crippen LogP) is 4.06. The Morgan fingerprint density at radius 2 is 1.91 bits per heavy atom. The summed E-state index contributed by atoms with van der Waals surface area (Å²) in [6.07, 6.45) is 5.36. The first kappa shape index (κ1) is 19.9. The zero-order chi connectivity index (χ0) is 22.5. The molecular weight excluding hydrogens is 404 g/mol. The van der Waals surface area contributed by atoms with E-state index in [-0.39, 0.29) is 11.5 Å². The van der Waals surface area contributed by atoms with Crippen molar-refractivity contribution in [3.63, 3.8) is 0 Å². The number of carboxylic acids is 1. The average molecular weight is 426 g/mol. The van der Waals surface area contributed by atoms with Gasteiger partial charge in [0.15, 0.2) is 0 Å². The van der Waals surface area contributed by atoms with E-state index in [0.29, 0.717) is 11.1 Å². The van der Waals surface area contributed by atoms with Crippen LogP contribution in [0, 0.1) is 6.92 Å². The molecule has 32 heavy (non-hydrogen) atoms. The zero-order valence-electron chi connectivity index (χ0n) is 17.8. The van der Waals surface area contributed by atoms with Crippen molar-refractivity contribution in [2.75, 3.05) is 0 Å². The van der Waals surface area contributed by atoms with Gasteiger partial charge in [0.2, 0.25) is 0 Å². The Bertz CT molecular complexity index is 1390. The number of carbonyl (C=O) groups excluding carboxylic acids is 1. The van der Waals surface area contributed by atoms with Crippen LogP contribution in [0.15, 0.2) is 60.9 Å². The van der Waals surface area contributed by atoms with Crippen molar-refractivity contribution in [2.45, 2.75) is 25.3 Å². The summed E-state index contributed by atoms with van der Waals surface area (Å²) in [5.74, 6) is -1.22. The summed E-state index contributed by atoms with van der Waals surface area (Å²) in [5.41, 5.74) is 4.44. The van der Waals surface area contributed by atoms with Crippen LogP contribution in [-0.4, -0.2) is 31.7 Å². The van der Waals surface area contributed by atoms with Crippen molar-refractivity contribution in [1.29, 1.82) is 0 Å². The molecule has 5 rings (SSSR count). The fraction of sp³-hybridized carbons (Fsp3) is 0.200. The number of nitrogens with one attached hydrogen (secondary N) is 1. The van der Waals surface area contributed by atoms with Gasteiger partial charge in [-0.05, 0) is 61.2 Å². The number of pyridine rings is 1. The van der Waals surface area contributed by atoms with Crippen LogP contribution in [0.3, 0.4) is 0 Å². The number of rotatable bonds is 5. The van der Waals surface area contributed by atoms with E-state index in [9.17, 15) is 14.7 Å². The number of para-hydroxylation sites is 1. The minimum absolute atomic E-state index is 0.168. The van der Waals surface area contributed by atoms with Gasteiger partial charge >= 0.3 is 5.97 Å². The molecule has 2 aromatic heterocycles. The van der Waals surface area contributed by atoms with Crippen molar-refractivity contribution in [1.82, 2.24) is 20.1 Å². The molecule has 7 nitrogen and oxygen atoms in total. The molecule has 0 unspecified atom stereocenters. The smallest absolute Gasteiger partial charge is 0.335 e. The van der Waals surface area contributed by atoms with Gasteiger partial charge in [-0.2, -0.15) is 5.10 Å². The lowest BCUT2D eigenvalue weighted by Gasteiger charge is -2.21. The number of hydrogen-bond acceptors (Lipinski definition) is 4. The van der Waals surface area contributed by atoms with Crippen LogP contribution in [0.4, 0.5) is 0 Å². The Hall–Kier alpha value is -4.00. The van der Waals surface area contributed by atoms with Gasteiger partial charge in [-0.3, -0.25) is 9.48 Å². The highest BCUT2D eigenvalue weighted by Crippen LogP contribution is 2.48. The molecule has 2 heterocycles. The maximum Gasteiger partial charge on any atom is 0.335 e. The molecule has 1 aliphatic rings. The van der Waals surface area contributed by atoms with E-state index in [4.69, 9.17) is 4.98 Å². The largest absolute Gasteiger partial charge is 0.478 e. The molecule has 0 spiro atoms. The summed E-state index contributed by atoms with van der Waals surface area (Å²) in [6, 6.07) is 14.6. The van der Waals surface area contributed by atoms with Gasteiger partial charge in [0.05, 0.1) is 28.5 Å². The molecule has 0 atom stereocenters. The molecule has 1 saturated carbocycles. The third-order valence-electron chi connectivity index (χ3n) is 6.05. The summed E-state index contributed by atoms with van der Waals surface area (Å²) >= 11 is 0. The lowest BCUT2D eigenvalue weighted by atomic mass is 9.96. The Balaban J connectivity index is 1.55. The van der Waals surface area contributed by atoms with Crippen molar-refractivity contribution >= 4 is 22.8 Å².